The maximum atomic E-state index is 12.4. The highest BCUT2D eigenvalue weighted by atomic mass is 16.6. The number of aliphatic hydroxyl groups is 1. The maximum absolute atomic E-state index is 12.4. The molecule has 0 amide bonds. The lowest BCUT2D eigenvalue weighted by Gasteiger charge is -2.51. The van der Waals surface area contributed by atoms with Gasteiger partial charge in [0, 0.05) is 24.9 Å². The van der Waals surface area contributed by atoms with E-state index in [1.54, 1.807) is 7.11 Å². The fraction of sp³-hybridized carbons (Fsp3) is 0.765. The van der Waals surface area contributed by atoms with Crippen LogP contribution in [0.3, 0.4) is 0 Å². The minimum absolute atomic E-state index is 0.0304. The summed E-state index contributed by atoms with van der Waals surface area (Å²) in [5.74, 6) is 0.222. The van der Waals surface area contributed by atoms with Crippen LogP contribution in [0.1, 0.15) is 26.7 Å². The van der Waals surface area contributed by atoms with Gasteiger partial charge in [-0.1, -0.05) is 0 Å². The molecule has 0 aromatic carbocycles. The van der Waals surface area contributed by atoms with E-state index in [9.17, 15) is 9.90 Å². The van der Waals surface area contributed by atoms with Crippen molar-refractivity contribution in [3.05, 3.63) is 16.9 Å². The van der Waals surface area contributed by atoms with Gasteiger partial charge in [0.2, 0.25) is 0 Å². The van der Waals surface area contributed by atoms with Crippen molar-refractivity contribution >= 4 is 5.97 Å². The SMILES string of the molecule is CO[C@@H]1[C@H]2C(C)=C=C(C)[C@H]2[C@]2(O)C[C@H]3C[C@]34C(=O)O[C@H]1C24. The predicted octanol–water partition coefficient (Wildman–Crippen LogP) is 1.44. The molecule has 1 heterocycles. The molecule has 4 fully saturated rings. The number of esters is 1. The van der Waals surface area contributed by atoms with Crippen LogP contribution in [0.25, 0.3) is 0 Å². The Hall–Kier alpha value is -1.09. The van der Waals surface area contributed by atoms with Crippen molar-refractivity contribution in [3.63, 3.8) is 0 Å². The van der Waals surface area contributed by atoms with Gasteiger partial charge in [0.15, 0.2) is 0 Å². The highest BCUT2D eigenvalue weighted by molar-refractivity contribution is 5.85. The Morgan fingerprint density at radius 2 is 2.10 bits per heavy atom. The van der Waals surface area contributed by atoms with E-state index in [1.807, 2.05) is 13.8 Å². The number of carbonyl (C=O) groups is 1. The monoisotopic (exact) mass is 288 g/mol. The van der Waals surface area contributed by atoms with E-state index < -0.39 is 11.0 Å². The molecule has 1 unspecified atom stereocenters. The van der Waals surface area contributed by atoms with E-state index >= 15 is 0 Å². The predicted molar refractivity (Wildman–Crippen MR) is 73.1 cm³/mol. The number of methoxy groups -OCH3 is 1. The average Bonchev–Trinajstić information content (AvgIpc) is 2.75. The molecule has 1 aliphatic heterocycles. The number of rotatable bonds is 1. The number of ether oxygens (including phenoxy) is 2. The summed E-state index contributed by atoms with van der Waals surface area (Å²) in [7, 11) is 1.69. The van der Waals surface area contributed by atoms with Gasteiger partial charge in [-0.2, -0.15) is 0 Å². The van der Waals surface area contributed by atoms with E-state index in [4.69, 9.17) is 9.47 Å². The summed E-state index contributed by atoms with van der Waals surface area (Å²) in [6.07, 6.45) is 1.16. The Kier molecular flexibility index (Phi) is 1.95. The Morgan fingerprint density at radius 1 is 1.33 bits per heavy atom. The van der Waals surface area contributed by atoms with Crippen molar-refractivity contribution in [1.29, 1.82) is 0 Å². The first-order valence-electron chi connectivity index (χ1n) is 7.85. The standard InChI is InChI=1S/C17H20O4/c1-7-4-8(2)11-10(7)12(20-3)13-14-16(15(18)21-13)5-9(16)6-17(11,14)19/h9-14,19H,5-6H2,1-3H3/t9-,10+,11-,12-,13-,14?,16+,17-/m1/s1. The normalized spacial score (nSPS) is 59.0. The topological polar surface area (TPSA) is 55.8 Å². The lowest BCUT2D eigenvalue weighted by atomic mass is 9.58. The lowest BCUT2D eigenvalue weighted by Crippen LogP contribution is -2.61. The second-order valence-electron chi connectivity index (χ2n) is 7.68. The molecule has 0 bridgehead atoms. The molecule has 1 saturated heterocycles. The highest BCUT2D eigenvalue weighted by Crippen LogP contribution is 2.78. The van der Waals surface area contributed by atoms with E-state index in [-0.39, 0.29) is 35.9 Å². The molecule has 5 aliphatic rings. The minimum atomic E-state index is -0.825. The highest BCUT2D eigenvalue weighted by Gasteiger charge is 2.85. The molecule has 0 aromatic rings. The molecular weight excluding hydrogens is 268 g/mol. The second-order valence-corrected chi connectivity index (χ2v) is 7.68. The first-order valence-corrected chi connectivity index (χ1v) is 7.85. The van der Waals surface area contributed by atoms with Crippen molar-refractivity contribution in [2.45, 2.75) is 44.5 Å². The largest absolute Gasteiger partial charge is 0.459 e. The smallest absolute Gasteiger partial charge is 0.313 e. The second kappa shape index (κ2) is 3.29. The number of hydrogen-bond donors (Lipinski definition) is 1. The Balaban J connectivity index is 1.71. The zero-order valence-electron chi connectivity index (χ0n) is 12.6. The first-order chi connectivity index (χ1) is 9.95. The Labute approximate surface area is 123 Å². The summed E-state index contributed by atoms with van der Waals surface area (Å²) in [5, 5.41) is 11.5. The third-order valence-electron chi connectivity index (χ3n) is 6.98. The molecule has 5 rings (SSSR count). The van der Waals surface area contributed by atoms with Gasteiger partial charge in [0.1, 0.15) is 12.2 Å². The third kappa shape index (κ3) is 1.08. The van der Waals surface area contributed by atoms with Crippen LogP contribution in [-0.4, -0.2) is 36.0 Å². The average molecular weight is 288 g/mol. The van der Waals surface area contributed by atoms with Crippen LogP contribution >= 0.6 is 0 Å². The molecule has 4 aliphatic carbocycles. The van der Waals surface area contributed by atoms with Gasteiger partial charge in [0.05, 0.1) is 11.0 Å². The maximum Gasteiger partial charge on any atom is 0.313 e. The van der Waals surface area contributed by atoms with Crippen LogP contribution in [0.5, 0.6) is 0 Å². The van der Waals surface area contributed by atoms with Crippen LogP contribution in [0, 0.1) is 29.1 Å². The van der Waals surface area contributed by atoms with Crippen LogP contribution in [0.4, 0.5) is 0 Å². The van der Waals surface area contributed by atoms with Crippen molar-refractivity contribution in [3.8, 4) is 0 Å². The third-order valence-corrected chi connectivity index (χ3v) is 6.98. The van der Waals surface area contributed by atoms with Gasteiger partial charge in [-0.15, -0.1) is 5.73 Å². The summed E-state index contributed by atoms with van der Waals surface area (Å²) in [6.45, 7) is 4.10. The van der Waals surface area contributed by atoms with E-state index in [1.165, 1.54) is 0 Å². The van der Waals surface area contributed by atoms with Crippen LogP contribution < -0.4 is 0 Å². The molecule has 21 heavy (non-hydrogen) atoms. The van der Waals surface area contributed by atoms with Gasteiger partial charge in [-0.25, -0.2) is 0 Å². The van der Waals surface area contributed by atoms with Crippen LogP contribution in [0.15, 0.2) is 16.9 Å². The molecule has 1 spiro atoms. The number of hydrogen-bond acceptors (Lipinski definition) is 4. The molecule has 1 N–H and O–H groups in total. The lowest BCUT2D eigenvalue weighted by molar-refractivity contribution is -0.184. The molecular formula is C17H20O4. The molecule has 4 nitrogen and oxygen atoms in total. The van der Waals surface area contributed by atoms with Crippen LogP contribution in [0.2, 0.25) is 0 Å². The van der Waals surface area contributed by atoms with Crippen molar-refractivity contribution < 1.29 is 19.4 Å². The van der Waals surface area contributed by atoms with Gasteiger partial charge >= 0.3 is 5.97 Å². The fourth-order valence-electron chi connectivity index (χ4n) is 6.38. The Morgan fingerprint density at radius 3 is 2.81 bits per heavy atom. The van der Waals surface area contributed by atoms with E-state index in [0.29, 0.717) is 5.92 Å². The number of fused-ring (bicyclic) bond motifs is 2. The van der Waals surface area contributed by atoms with Crippen LogP contribution in [-0.2, 0) is 14.3 Å². The minimum Gasteiger partial charge on any atom is -0.459 e. The molecule has 112 valence electrons. The van der Waals surface area contributed by atoms with E-state index in [2.05, 4.69) is 5.73 Å². The van der Waals surface area contributed by atoms with Gasteiger partial charge < -0.3 is 14.6 Å². The molecule has 0 radical (unpaired) electrons. The van der Waals surface area contributed by atoms with Crippen molar-refractivity contribution in [1.82, 2.24) is 0 Å². The summed E-state index contributed by atoms with van der Waals surface area (Å²) in [4.78, 5) is 12.4. The van der Waals surface area contributed by atoms with Gasteiger partial charge in [0.25, 0.3) is 0 Å². The molecule has 4 heteroatoms. The summed E-state index contributed by atoms with van der Waals surface area (Å²) < 4.78 is 11.5. The summed E-state index contributed by atoms with van der Waals surface area (Å²) >= 11 is 0. The Bertz CT molecular complexity index is 645. The first kappa shape index (κ1) is 12.5. The summed E-state index contributed by atoms with van der Waals surface area (Å²) in [5.41, 5.74) is 4.41. The van der Waals surface area contributed by atoms with Gasteiger partial charge in [-0.3, -0.25) is 4.79 Å². The van der Waals surface area contributed by atoms with Gasteiger partial charge in [-0.05, 0) is 43.8 Å². The summed E-state index contributed by atoms with van der Waals surface area (Å²) in [6, 6.07) is 0. The number of carbonyl (C=O) groups excluding carboxylic acids is 1. The molecule has 0 aromatic heterocycles. The molecule has 3 saturated carbocycles. The zero-order valence-corrected chi connectivity index (χ0v) is 12.6. The zero-order chi connectivity index (χ0) is 14.7. The van der Waals surface area contributed by atoms with E-state index in [0.717, 1.165) is 24.0 Å². The molecule has 8 atom stereocenters. The van der Waals surface area contributed by atoms with Crippen molar-refractivity contribution in [2.24, 2.45) is 29.1 Å². The quantitative estimate of drug-likeness (QED) is 0.586. The fourth-order valence-corrected chi connectivity index (χ4v) is 6.38. The van der Waals surface area contributed by atoms with Crippen molar-refractivity contribution in [2.75, 3.05) is 7.11 Å².